The lowest BCUT2D eigenvalue weighted by Crippen LogP contribution is -2.17. The Morgan fingerprint density at radius 3 is 2.64 bits per heavy atom. The Bertz CT molecular complexity index is 850. The molecule has 0 atom stereocenters. The quantitative estimate of drug-likeness (QED) is 0.634. The Hall–Kier alpha value is -2.38. The number of hydrogen-bond donors (Lipinski definition) is 1. The number of thioether (sulfide) groups is 1. The van der Waals surface area contributed by atoms with Gasteiger partial charge in [0.15, 0.2) is 0 Å². The molecule has 4 nitrogen and oxygen atoms in total. The molecule has 1 aliphatic heterocycles. The van der Waals surface area contributed by atoms with Crippen molar-refractivity contribution in [1.29, 1.82) is 0 Å². The molecule has 3 rings (SSSR count). The van der Waals surface area contributed by atoms with Gasteiger partial charge in [0.05, 0.1) is 12.0 Å². The Kier molecular flexibility index (Phi) is 5.35. The summed E-state index contributed by atoms with van der Waals surface area (Å²) in [5.41, 5.74) is 1.65. The highest BCUT2D eigenvalue weighted by Gasteiger charge is 2.22. The fourth-order valence-electron chi connectivity index (χ4n) is 2.27. The van der Waals surface area contributed by atoms with Crippen molar-refractivity contribution in [3.05, 3.63) is 64.3 Å². The maximum Gasteiger partial charge on any atom is 0.263 e. The van der Waals surface area contributed by atoms with Gasteiger partial charge in [-0.15, -0.1) is 0 Å². The summed E-state index contributed by atoms with van der Waals surface area (Å²) in [5.74, 6) is 0.713. The van der Waals surface area contributed by atoms with Crippen LogP contribution >= 0.6 is 24.0 Å². The van der Waals surface area contributed by atoms with Crippen LogP contribution in [0.2, 0.25) is 0 Å². The van der Waals surface area contributed by atoms with Crippen molar-refractivity contribution in [3.8, 4) is 11.5 Å². The minimum absolute atomic E-state index is 0.199. The molecule has 0 aromatic heterocycles. The van der Waals surface area contributed by atoms with Crippen LogP contribution in [0.15, 0.2) is 47.4 Å². The third-order valence-corrected chi connectivity index (χ3v) is 4.61. The highest BCUT2D eigenvalue weighted by molar-refractivity contribution is 8.26. The number of carbonyl (C=O) groups excluding carboxylic acids is 1. The second kappa shape index (κ2) is 7.67. The summed E-state index contributed by atoms with van der Waals surface area (Å²) >= 11 is 6.21. The maximum atomic E-state index is 12.9. The number of hydrogen-bond acceptors (Lipinski definition) is 5. The van der Waals surface area contributed by atoms with Gasteiger partial charge in [-0.2, -0.15) is 0 Å². The first-order chi connectivity index (χ1) is 12.0. The number of halogens is 1. The lowest BCUT2D eigenvalue weighted by atomic mass is 10.1. The van der Waals surface area contributed by atoms with Crippen LogP contribution in [-0.2, 0) is 11.4 Å². The molecule has 0 unspecified atom stereocenters. The zero-order valence-corrected chi connectivity index (χ0v) is 14.9. The molecule has 0 bridgehead atoms. The highest BCUT2D eigenvalue weighted by atomic mass is 32.2. The second-order valence-corrected chi connectivity index (χ2v) is 6.88. The smallest absolute Gasteiger partial charge is 0.263 e. The number of methoxy groups -OCH3 is 1. The van der Waals surface area contributed by atoms with Crippen LogP contribution in [0.25, 0.3) is 6.08 Å². The van der Waals surface area contributed by atoms with Crippen LogP contribution in [0.4, 0.5) is 4.39 Å². The summed E-state index contributed by atoms with van der Waals surface area (Å²) in [4.78, 5) is 12.3. The van der Waals surface area contributed by atoms with Crippen molar-refractivity contribution in [3.63, 3.8) is 0 Å². The summed E-state index contributed by atoms with van der Waals surface area (Å²) in [5, 5.41) is 2.58. The van der Waals surface area contributed by atoms with E-state index in [0.29, 0.717) is 20.7 Å². The summed E-state index contributed by atoms with van der Waals surface area (Å²) in [6, 6.07) is 11.3. The number of benzene rings is 2. The summed E-state index contributed by atoms with van der Waals surface area (Å²) < 4.78 is 24.4. The number of carbonyl (C=O) groups is 1. The van der Waals surface area contributed by atoms with Gasteiger partial charge in [-0.3, -0.25) is 4.79 Å². The molecular weight excluding hydrogens is 361 g/mol. The topological polar surface area (TPSA) is 47.6 Å². The monoisotopic (exact) mass is 375 g/mol. The van der Waals surface area contributed by atoms with Crippen molar-refractivity contribution in [1.82, 2.24) is 5.32 Å². The van der Waals surface area contributed by atoms with Gasteiger partial charge in [0.2, 0.25) is 0 Å². The molecule has 0 saturated carbocycles. The Balaban J connectivity index is 1.80. The molecule has 0 radical (unpaired) electrons. The van der Waals surface area contributed by atoms with Crippen molar-refractivity contribution in [2.75, 3.05) is 7.11 Å². The van der Waals surface area contributed by atoms with Crippen molar-refractivity contribution in [2.24, 2.45) is 0 Å². The van der Waals surface area contributed by atoms with Crippen molar-refractivity contribution in [2.45, 2.75) is 6.61 Å². The first-order valence-corrected chi connectivity index (χ1v) is 8.58. The van der Waals surface area contributed by atoms with Crippen LogP contribution in [0.3, 0.4) is 0 Å². The first kappa shape index (κ1) is 17.4. The van der Waals surface area contributed by atoms with Gasteiger partial charge in [0, 0.05) is 5.56 Å². The fourth-order valence-corrected chi connectivity index (χ4v) is 3.31. The summed E-state index contributed by atoms with van der Waals surface area (Å²) in [6.07, 6.45) is 1.76. The lowest BCUT2D eigenvalue weighted by Gasteiger charge is -2.11. The largest absolute Gasteiger partial charge is 0.496 e. The summed E-state index contributed by atoms with van der Waals surface area (Å²) in [7, 11) is 1.58. The molecule has 2 aromatic rings. The lowest BCUT2D eigenvalue weighted by molar-refractivity contribution is -0.115. The third-order valence-electron chi connectivity index (χ3n) is 3.45. The standard InChI is InChI=1S/C18H14FNO3S2/c1-22-15-7-2-11(9-16-17(21)20-18(24)25-16)8-12(15)10-23-14-5-3-13(19)4-6-14/h2-9H,10H2,1H3,(H,20,21,24). The maximum absolute atomic E-state index is 12.9. The fraction of sp³-hybridized carbons (Fsp3) is 0.111. The number of thiocarbonyl (C=S) groups is 1. The molecule has 1 fully saturated rings. The van der Waals surface area contributed by atoms with Gasteiger partial charge in [-0.25, -0.2) is 4.39 Å². The van der Waals surface area contributed by atoms with Crippen molar-refractivity contribution >= 4 is 40.3 Å². The Morgan fingerprint density at radius 2 is 2.00 bits per heavy atom. The molecule has 1 aliphatic rings. The molecular formula is C18H14FNO3S2. The molecule has 1 heterocycles. The van der Waals surface area contributed by atoms with Crippen LogP contribution in [0.5, 0.6) is 11.5 Å². The van der Waals surface area contributed by atoms with Gasteiger partial charge in [-0.1, -0.05) is 30.0 Å². The molecule has 25 heavy (non-hydrogen) atoms. The van der Waals surface area contributed by atoms with Crippen LogP contribution in [0, 0.1) is 5.82 Å². The minimum Gasteiger partial charge on any atom is -0.496 e. The molecule has 7 heteroatoms. The van der Waals surface area contributed by atoms with Gasteiger partial charge in [0.25, 0.3) is 5.91 Å². The van der Waals surface area contributed by atoms with Crippen LogP contribution < -0.4 is 14.8 Å². The van der Waals surface area contributed by atoms with E-state index >= 15 is 0 Å². The zero-order valence-electron chi connectivity index (χ0n) is 13.2. The number of rotatable bonds is 5. The third kappa shape index (κ3) is 4.37. The van der Waals surface area contributed by atoms with E-state index in [2.05, 4.69) is 5.32 Å². The molecule has 128 valence electrons. The van der Waals surface area contributed by atoms with Crippen molar-refractivity contribution < 1.29 is 18.7 Å². The average Bonchev–Trinajstić information content (AvgIpc) is 2.92. The first-order valence-electron chi connectivity index (χ1n) is 7.35. The van der Waals surface area contributed by atoms with Gasteiger partial charge in [0.1, 0.15) is 28.2 Å². The van der Waals surface area contributed by atoms with E-state index < -0.39 is 0 Å². The van der Waals surface area contributed by atoms with E-state index in [1.807, 2.05) is 18.2 Å². The molecule has 2 aromatic carbocycles. The van der Waals surface area contributed by atoms with E-state index in [9.17, 15) is 9.18 Å². The highest BCUT2D eigenvalue weighted by Crippen LogP contribution is 2.28. The summed E-state index contributed by atoms with van der Waals surface area (Å²) in [6.45, 7) is 0.254. The van der Waals surface area contributed by atoms with E-state index in [-0.39, 0.29) is 18.3 Å². The van der Waals surface area contributed by atoms with E-state index in [1.54, 1.807) is 25.3 Å². The van der Waals surface area contributed by atoms with Gasteiger partial charge in [-0.05, 0) is 48.0 Å². The number of nitrogens with one attached hydrogen (secondary N) is 1. The van der Waals surface area contributed by atoms with E-state index in [4.69, 9.17) is 21.7 Å². The van der Waals surface area contributed by atoms with E-state index in [0.717, 1.165) is 11.1 Å². The minimum atomic E-state index is -0.316. The molecule has 0 spiro atoms. The normalized spacial score (nSPS) is 15.4. The van der Waals surface area contributed by atoms with Gasteiger partial charge < -0.3 is 14.8 Å². The SMILES string of the molecule is COc1ccc(C=C2SC(=S)NC2=O)cc1COc1ccc(F)cc1. The molecule has 0 aliphatic carbocycles. The average molecular weight is 375 g/mol. The molecule has 1 amide bonds. The van der Waals surface area contributed by atoms with Gasteiger partial charge >= 0.3 is 0 Å². The van der Waals surface area contributed by atoms with E-state index in [1.165, 1.54) is 23.9 Å². The number of ether oxygens (including phenoxy) is 2. The zero-order chi connectivity index (χ0) is 17.8. The predicted octanol–water partition coefficient (Wildman–Crippen LogP) is 3.90. The second-order valence-electron chi connectivity index (χ2n) is 5.17. The Morgan fingerprint density at radius 1 is 1.24 bits per heavy atom. The van der Waals surface area contributed by atoms with Crippen LogP contribution in [-0.4, -0.2) is 17.3 Å². The predicted molar refractivity (Wildman–Crippen MR) is 100 cm³/mol. The Labute approximate surface area is 154 Å². The van der Waals surface area contributed by atoms with Crippen LogP contribution in [0.1, 0.15) is 11.1 Å². The molecule has 1 saturated heterocycles. The number of amides is 1. The molecule has 1 N–H and O–H groups in total.